The summed E-state index contributed by atoms with van der Waals surface area (Å²) in [5.74, 6) is -0.869. The summed E-state index contributed by atoms with van der Waals surface area (Å²) >= 11 is 9.10. The second-order valence-corrected chi connectivity index (χ2v) is 5.60. The number of hydrogen-bond donors (Lipinski definition) is 1. The molecule has 0 saturated carbocycles. The lowest BCUT2D eigenvalue weighted by molar-refractivity contribution is 0.102. The molecule has 104 valence electrons. The van der Waals surface area contributed by atoms with Crippen molar-refractivity contribution < 1.29 is 9.18 Å². The number of aryl methyl sites for hydroxylation is 2. The quantitative estimate of drug-likeness (QED) is 0.859. The van der Waals surface area contributed by atoms with Gasteiger partial charge in [0.15, 0.2) is 0 Å². The van der Waals surface area contributed by atoms with Gasteiger partial charge < -0.3 is 5.32 Å². The molecule has 1 aromatic carbocycles. The van der Waals surface area contributed by atoms with Gasteiger partial charge in [-0.15, -0.1) is 0 Å². The van der Waals surface area contributed by atoms with Crippen molar-refractivity contribution in [2.75, 3.05) is 5.32 Å². The zero-order valence-corrected chi connectivity index (χ0v) is 13.1. The van der Waals surface area contributed by atoms with E-state index in [1.807, 2.05) is 0 Å². The molecule has 0 fully saturated rings. The van der Waals surface area contributed by atoms with Crippen LogP contribution in [0.2, 0.25) is 5.02 Å². The number of rotatable bonds is 2. The van der Waals surface area contributed by atoms with Gasteiger partial charge >= 0.3 is 0 Å². The highest BCUT2D eigenvalue weighted by Gasteiger charge is 2.14. The summed E-state index contributed by atoms with van der Waals surface area (Å²) in [5, 5.41) is 2.94. The fourth-order valence-corrected chi connectivity index (χ4v) is 2.41. The Balaban J connectivity index is 2.30. The summed E-state index contributed by atoms with van der Waals surface area (Å²) in [4.78, 5) is 16.2. The second-order valence-electron chi connectivity index (χ2n) is 4.34. The minimum Gasteiger partial charge on any atom is -0.322 e. The normalized spacial score (nSPS) is 10.4. The highest BCUT2D eigenvalue weighted by Crippen LogP contribution is 2.25. The van der Waals surface area contributed by atoms with Crippen molar-refractivity contribution in [3.8, 4) is 0 Å². The molecule has 0 aliphatic heterocycles. The van der Waals surface area contributed by atoms with Gasteiger partial charge in [-0.3, -0.25) is 9.78 Å². The molecule has 0 atom stereocenters. The number of amides is 1. The van der Waals surface area contributed by atoms with E-state index >= 15 is 0 Å². The summed E-state index contributed by atoms with van der Waals surface area (Å²) in [6, 6.07) is 4.46. The van der Waals surface area contributed by atoms with E-state index in [4.69, 9.17) is 11.6 Å². The molecule has 1 N–H and O–H groups in total. The van der Waals surface area contributed by atoms with Crippen LogP contribution in [0, 0.1) is 19.7 Å². The minimum absolute atomic E-state index is 0.250. The molecule has 1 aromatic heterocycles. The lowest BCUT2D eigenvalue weighted by Crippen LogP contribution is -2.14. The van der Waals surface area contributed by atoms with E-state index in [9.17, 15) is 9.18 Å². The first-order valence-electron chi connectivity index (χ1n) is 5.77. The second kappa shape index (κ2) is 5.89. The number of anilines is 1. The van der Waals surface area contributed by atoms with E-state index in [2.05, 4.69) is 26.2 Å². The Labute approximate surface area is 129 Å². The van der Waals surface area contributed by atoms with Gasteiger partial charge in [-0.05, 0) is 53.5 Å². The number of benzene rings is 1. The molecule has 2 aromatic rings. The first kappa shape index (κ1) is 14.9. The van der Waals surface area contributed by atoms with Gasteiger partial charge in [0.1, 0.15) is 5.82 Å². The number of nitrogens with one attached hydrogen (secondary N) is 1. The van der Waals surface area contributed by atoms with Gasteiger partial charge in [0.05, 0.1) is 15.1 Å². The van der Waals surface area contributed by atoms with Gasteiger partial charge in [-0.1, -0.05) is 11.6 Å². The highest BCUT2D eigenvalue weighted by atomic mass is 79.9. The van der Waals surface area contributed by atoms with E-state index in [0.29, 0.717) is 15.2 Å². The van der Waals surface area contributed by atoms with Crippen LogP contribution in [0.15, 0.2) is 28.9 Å². The van der Waals surface area contributed by atoms with Crippen molar-refractivity contribution >= 4 is 39.1 Å². The molecule has 2 rings (SSSR count). The number of carbonyl (C=O) groups excluding carboxylic acids is 1. The van der Waals surface area contributed by atoms with Crippen LogP contribution in [0.3, 0.4) is 0 Å². The lowest BCUT2D eigenvalue weighted by atomic mass is 10.1. The number of carbonyl (C=O) groups is 1. The summed E-state index contributed by atoms with van der Waals surface area (Å²) < 4.78 is 13.9. The van der Waals surface area contributed by atoms with Crippen molar-refractivity contribution in [3.63, 3.8) is 0 Å². The van der Waals surface area contributed by atoms with Crippen LogP contribution in [0.5, 0.6) is 0 Å². The zero-order chi connectivity index (χ0) is 14.9. The van der Waals surface area contributed by atoms with Crippen LogP contribution in [0.4, 0.5) is 10.1 Å². The van der Waals surface area contributed by atoms with Crippen LogP contribution in [0.25, 0.3) is 0 Å². The van der Waals surface area contributed by atoms with Gasteiger partial charge in [0.2, 0.25) is 0 Å². The molecule has 0 aliphatic carbocycles. The van der Waals surface area contributed by atoms with E-state index in [0.717, 1.165) is 11.3 Å². The molecular weight excluding hydrogens is 347 g/mol. The Morgan fingerprint density at radius 2 is 2.05 bits per heavy atom. The summed E-state index contributed by atoms with van der Waals surface area (Å²) in [7, 11) is 0. The number of aromatic nitrogens is 1. The molecule has 0 unspecified atom stereocenters. The first-order valence-corrected chi connectivity index (χ1v) is 6.94. The molecule has 0 spiro atoms. The maximum atomic E-state index is 13.5. The minimum atomic E-state index is -0.445. The molecule has 0 bridgehead atoms. The fraction of sp³-hybridized carbons (Fsp3) is 0.143. The average molecular weight is 358 g/mol. The van der Waals surface area contributed by atoms with Crippen LogP contribution in [0.1, 0.15) is 21.6 Å². The molecule has 1 amide bonds. The van der Waals surface area contributed by atoms with Crippen LogP contribution in [-0.2, 0) is 0 Å². The van der Waals surface area contributed by atoms with E-state index in [-0.39, 0.29) is 5.56 Å². The summed E-state index contributed by atoms with van der Waals surface area (Å²) in [6.07, 6.45) is 1.40. The molecule has 1 heterocycles. The summed E-state index contributed by atoms with van der Waals surface area (Å²) in [6.45, 7) is 3.55. The predicted molar refractivity (Wildman–Crippen MR) is 80.8 cm³/mol. The maximum Gasteiger partial charge on any atom is 0.258 e. The Morgan fingerprint density at radius 1 is 1.35 bits per heavy atom. The van der Waals surface area contributed by atoms with Crippen LogP contribution < -0.4 is 5.32 Å². The molecule has 20 heavy (non-hydrogen) atoms. The Hall–Kier alpha value is -1.46. The number of halogens is 3. The zero-order valence-electron chi connectivity index (χ0n) is 10.8. The van der Waals surface area contributed by atoms with Gasteiger partial charge in [0, 0.05) is 17.6 Å². The average Bonchev–Trinajstić information content (AvgIpc) is 2.35. The molecule has 3 nitrogen and oxygen atoms in total. The van der Waals surface area contributed by atoms with Crippen molar-refractivity contribution in [1.82, 2.24) is 4.98 Å². The Kier molecular flexibility index (Phi) is 4.40. The number of pyridine rings is 1. The topological polar surface area (TPSA) is 42.0 Å². The third-order valence-corrected chi connectivity index (χ3v) is 3.67. The van der Waals surface area contributed by atoms with Crippen molar-refractivity contribution in [2.24, 2.45) is 0 Å². The van der Waals surface area contributed by atoms with Gasteiger partial charge in [-0.25, -0.2) is 4.39 Å². The molecule has 0 radical (unpaired) electrons. The third-order valence-electron chi connectivity index (χ3n) is 2.75. The molecule has 0 saturated heterocycles. The van der Waals surface area contributed by atoms with Crippen molar-refractivity contribution in [1.29, 1.82) is 0 Å². The van der Waals surface area contributed by atoms with E-state index in [1.165, 1.54) is 12.3 Å². The monoisotopic (exact) mass is 356 g/mol. The lowest BCUT2D eigenvalue weighted by Gasteiger charge is -2.10. The molecule has 6 heteroatoms. The first-order chi connectivity index (χ1) is 9.38. The Morgan fingerprint density at radius 3 is 2.70 bits per heavy atom. The number of nitrogens with zero attached hydrogens (tertiary/aromatic N) is 1. The predicted octanol–water partition coefficient (Wildman–Crippen LogP) is 4.51. The molecule has 0 aliphatic rings. The standard InChI is InChI=1S/C14H11BrClFN2O/c1-7-3-10(15)12(17)5-13(7)19-14(20)9-6-18-8(2)4-11(9)16/h3-6H,1-2H3,(H,19,20). The fourth-order valence-electron chi connectivity index (χ4n) is 1.66. The van der Waals surface area contributed by atoms with E-state index < -0.39 is 11.7 Å². The van der Waals surface area contributed by atoms with Gasteiger partial charge in [0.25, 0.3) is 5.91 Å². The number of hydrogen-bond acceptors (Lipinski definition) is 2. The van der Waals surface area contributed by atoms with Gasteiger partial charge in [-0.2, -0.15) is 0 Å². The SMILES string of the molecule is Cc1cc(Cl)c(C(=O)Nc2cc(F)c(Br)cc2C)cn1. The third kappa shape index (κ3) is 3.16. The van der Waals surface area contributed by atoms with Crippen LogP contribution in [-0.4, -0.2) is 10.9 Å². The van der Waals surface area contributed by atoms with Crippen LogP contribution >= 0.6 is 27.5 Å². The Bertz CT molecular complexity index is 691. The highest BCUT2D eigenvalue weighted by molar-refractivity contribution is 9.10. The smallest absolute Gasteiger partial charge is 0.258 e. The van der Waals surface area contributed by atoms with Crippen molar-refractivity contribution in [3.05, 3.63) is 56.5 Å². The largest absolute Gasteiger partial charge is 0.322 e. The van der Waals surface area contributed by atoms with E-state index in [1.54, 1.807) is 26.0 Å². The molecular formula is C14H11BrClFN2O. The summed E-state index contributed by atoms with van der Waals surface area (Å²) in [5.41, 5.74) is 2.10. The maximum absolute atomic E-state index is 13.5. The van der Waals surface area contributed by atoms with Crippen molar-refractivity contribution in [2.45, 2.75) is 13.8 Å².